The number of carbonyl (C=O) groups excluding carboxylic acids is 4. The summed E-state index contributed by atoms with van der Waals surface area (Å²) < 4.78 is 6.95. The number of ether oxygens (including phenoxy) is 1. The number of hydrogen-bond acceptors (Lipinski definition) is 10. The molecule has 13 nitrogen and oxygen atoms in total. The number of nitrogens with zero attached hydrogens (tertiary/aromatic N) is 3. The van der Waals surface area contributed by atoms with Gasteiger partial charge in [0.05, 0.1) is 17.8 Å². The van der Waals surface area contributed by atoms with E-state index in [1.807, 2.05) is 39.7 Å². The highest BCUT2D eigenvalue weighted by molar-refractivity contribution is 7.08. The molecular formula is C37H41N5O8S2. The summed E-state index contributed by atoms with van der Waals surface area (Å²) in [7, 11) is 0. The third-order valence-electron chi connectivity index (χ3n) is 10.7. The number of nitrogens with one attached hydrogen (secondary N) is 2. The van der Waals surface area contributed by atoms with E-state index in [4.69, 9.17) is 4.74 Å². The monoisotopic (exact) mass is 747 g/mol. The lowest BCUT2D eigenvalue weighted by atomic mass is 10.0. The first-order valence-corrected chi connectivity index (χ1v) is 19.8. The second-order valence-electron chi connectivity index (χ2n) is 14.1. The second kappa shape index (κ2) is 15.2. The van der Waals surface area contributed by atoms with Gasteiger partial charge in [-0.05, 0) is 96.1 Å². The minimum atomic E-state index is -1.65. The maximum absolute atomic E-state index is 14.5. The summed E-state index contributed by atoms with van der Waals surface area (Å²) in [5.74, 6) is -4.51. The van der Waals surface area contributed by atoms with Crippen molar-refractivity contribution in [1.82, 2.24) is 25.3 Å². The molecule has 5 atom stereocenters. The topological polar surface area (TPSA) is 177 Å². The number of allylic oxidation sites excluding steroid dienone is 1. The van der Waals surface area contributed by atoms with Gasteiger partial charge in [-0.15, -0.1) is 0 Å². The highest BCUT2D eigenvalue weighted by Crippen LogP contribution is 2.46. The Kier molecular flexibility index (Phi) is 10.4. The molecule has 0 unspecified atom stereocenters. The Labute approximate surface area is 308 Å². The normalized spacial score (nSPS) is 27.4. The second-order valence-corrected chi connectivity index (χ2v) is 15.6. The number of aliphatic carboxylic acids is 1. The Hall–Kier alpha value is -4.63. The van der Waals surface area contributed by atoms with Crippen LogP contribution in [-0.2, 0) is 23.9 Å². The molecule has 3 amide bonds. The van der Waals surface area contributed by atoms with Crippen LogP contribution in [0.25, 0.3) is 22.3 Å². The van der Waals surface area contributed by atoms with Gasteiger partial charge in [0.2, 0.25) is 11.8 Å². The third kappa shape index (κ3) is 7.20. The van der Waals surface area contributed by atoms with Gasteiger partial charge in [-0.3, -0.25) is 19.2 Å². The Morgan fingerprint density at radius 2 is 1.71 bits per heavy atom. The van der Waals surface area contributed by atoms with Crippen molar-refractivity contribution in [2.75, 3.05) is 6.54 Å². The lowest BCUT2D eigenvalue weighted by Gasteiger charge is -2.29. The van der Waals surface area contributed by atoms with Crippen molar-refractivity contribution < 1.29 is 33.8 Å². The van der Waals surface area contributed by atoms with Crippen LogP contribution >= 0.6 is 22.7 Å². The number of aromatic nitrogens is 2. The van der Waals surface area contributed by atoms with Crippen molar-refractivity contribution >= 4 is 52.3 Å². The van der Waals surface area contributed by atoms with Crippen LogP contribution in [-0.4, -0.2) is 79.7 Å². The van der Waals surface area contributed by atoms with E-state index in [1.54, 1.807) is 12.3 Å². The fourth-order valence-corrected chi connectivity index (χ4v) is 9.15. The van der Waals surface area contributed by atoms with Crippen molar-refractivity contribution in [1.29, 1.82) is 0 Å². The first kappa shape index (κ1) is 35.8. The van der Waals surface area contributed by atoms with Crippen LogP contribution in [0.3, 0.4) is 0 Å². The predicted octanol–water partition coefficient (Wildman–Crippen LogP) is 4.93. The fraction of sp³-hybridized carbons (Fsp3) is 0.486. The Morgan fingerprint density at radius 3 is 2.42 bits per heavy atom. The van der Waals surface area contributed by atoms with E-state index in [9.17, 15) is 33.9 Å². The number of fused-ring (bicyclic) bond motifs is 2. The van der Waals surface area contributed by atoms with Gasteiger partial charge in [0.1, 0.15) is 23.7 Å². The molecular weight excluding hydrogens is 707 g/mol. The average molecular weight is 748 g/mol. The number of carboxylic acids is 1. The summed E-state index contributed by atoms with van der Waals surface area (Å²) in [6, 6.07) is 0.829. The van der Waals surface area contributed by atoms with Crippen LogP contribution in [0.4, 0.5) is 4.79 Å². The zero-order chi connectivity index (χ0) is 36.4. The standard InChI is InChI=1S/C37H41N5O8S2/c43-31(35(47)48)37-17-24(37)8-4-2-1-3-5-11-28(39-36(49)50-26-9-6-7-10-26)33(45)41-19-25(16-29(41)32(44)40-37)42-34(46)30(23-13-15-52-21-23)27(18-38-42)22-12-14-51-20-22/h4,8,12-15,18,20-21,24-26,28-29H,1-3,5-7,9-11,16-17,19H2,(H,39,49)(H,40,44)(H,47,48)/b8-4-/t24-,25-,28+,29+,37-/m1/s1. The lowest BCUT2D eigenvalue weighted by Crippen LogP contribution is -2.57. The van der Waals surface area contributed by atoms with Crippen LogP contribution in [0.15, 0.2) is 56.8 Å². The first-order valence-electron chi connectivity index (χ1n) is 17.9. The van der Waals surface area contributed by atoms with Crippen molar-refractivity contribution in [2.24, 2.45) is 5.92 Å². The van der Waals surface area contributed by atoms with Gasteiger partial charge in [-0.1, -0.05) is 25.0 Å². The fourth-order valence-electron chi connectivity index (χ4n) is 7.85. The van der Waals surface area contributed by atoms with Gasteiger partial charge in [-0.25, -0.2) is 14.3 Å². The highest BCUT2D eigenvalue weighted by Gasteiger charge is 2.62. The molecule has 3 N–H and O–H groups in total. The lowest BCUT2D eigenvalue weighted by molar-refractivity contribution is -0.151. The number of amides is 3. The largest absolute Gasteiger partial charge is 0.475 e. The van der Waals surface area contributed by atoms with Crippen LogP contribution in [0, 0.1) is 5.92 Å². The van der Waals surface area contributed by atoms with E-state index >= 15 is 0 Å². The van der Waals surface area contributed by atoms with Crippen LogP contribution in [0.1, 0.15) is 76.7 Å². The molecule has 0 aromatic carbocycles. The molecule has 0 spiro atoms. The number of Topliss-reactive ketones (excluding diaryl/α,β-unsaturated/α-hetero) is 1. The van der Waals surface area contributed by atoms with Crippen molar-refractivity contribution in [3.8, 4) is 22.3 Å². The van der Waals surface area contributed by atoms with Gasteiger partial charge >= 0.3 is 12.1 Å². The summed E-state index contributed by atoms with van der Waals surface area (Å²) in [4.78, 5) is 82.5. The Bertz CT molecular complexity index is 1920. The molecule has 274 valence electrons. The van der Waals surface area contributed by atoms with Gasteiger partial charge in [-0.2, -0.15) is 27.8 Å². The minimum Gasteiger partial charge on any atom is -0.475 e. The molecule has 3 fully saturated rings. The van der Waals surface area contributed by atoms with Crippen LogP contribution in [0.5, 0.6) is 0 Å². The van der Waals surface area contributed by atoms with Crippen LogP contribution in [0.2, 0.25) is 0 Å². The molecule has 1 saturated heterocycles. The summed E-state index contributed by atoms with van der Waals surface area (Å²) in [5.41, 5.74) is 0.649. The molecule has 4 aliphatic rings. The zero-order valence-electron chi connectivity index (χ0n) is 28.5. The average Bonchev–Trinajstić information content (AvgIpc) is 3.81. The van der Waals surface area contributed by atoms with Gasteiger partial charge in [0.25, 0.3) is 11.3 Å². The zero-order valence-corrected chi connectivity index (χ0v) is 30.2. The molecule has 0 radical (unpaired) electrons. The predicted molar refractivity (Wildman–Crippen MR) is 194 cm³/mol. The maximum Gasteiger partial charge on any atom is 0.408 e. The summed E-state index contributed by atoms with van der Waals surface area (Å²) in [5, 5.41) is 27.4. The molecule has 3 aromatic rings. The number of alkyl carbamates (subject to hydrolysis) is 1. The van der Waals surface area contributed by atoms with Crippen molar-refractivity contribution in [2.45, 2.75) is 100 Å². The molecule has 52 heavy (non-hydrogen) atoms. The molecule has 3 aromatic heterocycles. The van der Waals surface area contributed by atoms with E-state index in [-0.39, 0.29) is 31.0 Å². The van der Waals surface area contributed by atoms with E-state index in [0.717, 1.165) is 49.7 Å². The maximum atomic E-state index is 14.5. The molecule has 7 rings (SSSR count). The number of carbonyl (C=O) groups is 5. The molecule has 2 saturated carbocycles. The van der Waals surface area contributed by atoms with Gasteiger partial charge in [0.15, 0.2) is 0 Å². The molecule has 5 heterocycles. The number of carboxylic acid groups (broad SMARTS) is 1. The number of ketones is 1. The SMILES string of the molecule is O=C(N[C@H]1CCCCC/C=C\[C@@H]2C[C@@]2(C(=O)C(=O)O)NC(=O)[C@@H]2C[C@@H](n3ncc(-c4ccsc4)c(-c4ccsc4)c3=O)CN2C1=O)OC1CCCC1. The Morgan fingerprint density at radius 1 is 0.981 bits per heavy atom. The number of thiophene rings is 2. The first-order chi connectivity index (χ1) is 25.2. The molecule has 15 heteroatoms. The summed E-state index contributed by atoms with van der Waals surface area (Å²) >= 11 is 2.95. The Balaban J connectivity index is 1.24. The summed E-state index contributed by atoms with van der Waals surface area (Å²) in [6.45, 7) is -0.0796. The quantitative estimate of drug-likeness (QED) is 0.224. The van der Waals surface area contributed by atoms with E-state index in [0.29, 0.717) is 30.4 Å². The summed E-state index contributed by atoms with van der Waals surface area (Å²) in [6.07, 6.45) is 11.0. The van der Waals surface area contributed by atoms with Gasteiger partial charge in [0, 0.05) is 24.4 Å². The van der Waals surface area contributed by atoms with Gasteiger partial charge < -0.3 is 25.4 Å². The van der Waals surface area contributed by atoms with E-state index in [1.165, 1.54) is 32.3 Å². The molecule has 2 aliphatic heterocycles. The number of hydrogen-bond donors (Lipinski definition) is 3. The van der Waals surface area contributed by atoms with Crippen molar-refractivity contribution in [3.05, 3.63) is 62.4 Å². The minimum absolute atomic E-state index is 0.0254. The molecule has 0 bridgehead atoms. The molecule has 2 aliphatic carbocycles. The smallest absolute Gasteiger partial charge is 0.408 e. The highest BCUT2D eigenvalue weighted by atomic mass is 32.1. The van der Waals surface area contributed by atoms with Crippen molar-refractivity contribution in [3.63, 3.8) is 0 Å². The third-order valence-corrected chi connectivity index (χ3v) is 12.1. The van der Waals surface area contributed by atoms with Crippen LogP contribution < -0.4 is 16.2 Å². The van der Waals surface area contributed by atoms with E-state index < -0.39 is 59.2 Å². The number of rotatable bonds is 7. The van der Waals surface area contributed by atoms with E-state index in [2.05, 4.69) is 15.7 Å².